The van der Waals surface area contributed by atoms with E-state index in [1.54, 1.807) is 6.21 Å². The molecule has 0 spiro atoms. The van der Waals surface area contributed by atoms with Crippen LogP contribution in [0.15, 0.2) is 81.8 Å². The van der Waals surface area contributed by atoms with Gasteiger partial charge in [0, 0.05) is 24.1 Å². The topological polar surface area (TPSA) is 80.2 Å². The third-order valence-electron chi connectivity index (χ3n) is 4.76. The molecule has 2 aromatic heterocycles. The number of hydrogen-bond donors (Lipinski definition) is 0. The van der Waals surface area contributed by atoms with E-state index in [1.165, 1.54) is 0 Å². The predicted molar refractivity (Wildman–Crippen MR) is 120 cm³/mol. The Bertz CT molecular complexity index is 1100. The molecular formula is C23H23N5O2P+. The van der Waals surface area contributed by atoms with E-state index in [0.717, 1.165) is 41.2 Å². The van der Waals surface area contributed by atoms with Crippen molar-refractivity contribution in [2.75, 3.05) is 6.66 Å². The summed E-state index contributed by atoms with van der Waals surface area (Å²) in [5.41, 5.74) is 4.34. The van der Waals surface area contributed by atoms with Gasteiger partial charge in [0.1, 0.15) is 24.5 Å². The molecule has 1 unspecified atom stereocenters. The second-order valence-electron chi connectivity index (χ2n) is 7.10. The largest absolute Gasteiger partial charge is 0.461 e. The minimum absolute atomic E-state index is 0.176. The summed E-state index contributed by atoms with van der Waals surface area (Å²) < 4.78 is 11.7. The van der Waals surface area contributed by atoms with Crippen molar-refractivity contribution in [1.29, 1.82) is 0 Å². The summed E-state index contributed by atoms with van der Waals surface area (Å²) in [6.07, 6.45) is 6.86. The molecule has 0 bridgehead atoms. The van der Waals surface area contributed by atoms with E-state index in [0.29, 0.717) is 13.0 Å². The van der Waals surface area contributed by atoms with Crippen molar-refractivity contribution in [2.45, 2.75) is 26.0 Å². The van der Waals surface area contributed by atoms with Crippen LogP contribution in [0.1, 0.15) is 24.1 Å². The summed E-state index contributed by atoms with van der Waals surface area (Å²) in [6.45, 7) is 3.01. The first kappa shape index (κ1) is 20.9. The van der Waals surface area contributed by atoms with Gasteiger partial charge in [-0.3, -0.25) is 4.79 Å². The molecule has 7 nitrogen and oxygen atoms in total. The Kier molecular flexibility index (Phi) is 6.85. The fourth-order valence-corrected chi connectivity index (χ4v) is 3.62. The van der Waals surface area contributed by atoms with Gasteiger partial charge in [0.15, 0.2) is 20.6 Å². The number of hydrogen-bond acceptors (Lipinski definition) is 6. The SMILES string of the molecule is CP1N=Cc2nc(-c3cc[n+](CCCC(=O)OCc4ccccc4)cc3)ccc2N=N1. The average Bonchev–Trinajstić information content (AvgIpc) is 3.00. The van der Waals surface area contributed by atoms with Crippen LogP contribution in [0.4, 0.5) is 5.69 Å². The molecule has 1 aliphatic rings. The van der Waals surface area contributed by atoms with Gasteiger partial charge in [-0.05, 0) is 24.4 Å². The van der Waals surface area contributed by atoms with Crippen LogP contribution in [0, 0.1) is 0 Å². The van der Waals surface area contributed by atoms with Gasteiger partial charge in [-0.25, -0.2) is 14.3 Å². The maximum Gasteiger partial charge on any atom is 0.306 e. The number of nitrogens with zero attached hydrogens (tertiary/aromatic N) is 5. The van der Waals surface area contributed by atoms with E-state index < -0.39 is 8.22 Å². The van der Waals surface area contributed by atoms with E-state index in [-0.39, 0.29) is 5.97 Å². The smallest absolute Gasteiger partial charge is 0.306 e. The van der Waals surface area contributed by atoms with Gasteiger partial charge in [-0.1, -0.05) is 30.3 Å². The molecule has 156 valence electrons. The second kappa shape index (κ2) is 10.1. The Morgan fingerprint density at radius 1 is 1.06 bits per heavy atom. The lowest BCUT2D eigenvalue weighted by Crippen LogP contribution is -2.32. The number of fused-ring (bicyclic) bond motifs is 1. The number of pyridine rings is 2. The quantitative estimate of drug-likeness (QED) is 0.299. The molecule has 0 fully saturated rings. The number of aryl methyl sites for hydroxylation is 1. The normalized spacial score (nSPS) is 14.7. The van der Waals surface area contributed by atoms with Crippen LogP contribution in [-0.4, -0.2) is 23.8 Å². The summed E-state index contributed by atoms with van der Waals surface area (Å²) in [4.78, 5) is 20.8. The molecule has 3 aromatic rings. The van der Waals surface area contributed by atoms with Crippen LogP contribution in [0.25, 0.3) is 11.3 Å². The number of benzene rings is 1. The van der Waals surface area contributed by atoms with Crippen molar-refractivity contribution >= 4 is 26.1 Å². The van der Waals surface area contributed by atoms with Gasteiger partial charge >= 0.3 is 5.97 Å². The molecule has 1 aliphatic heterocycles. The number of carbonyl (C=O) groups excluding carboxylic acids is 1. The molecule has 4 rings (SSSR count). The van der Waals surface area contributed by atoms with Crippen LogP contribution in [0.2, 0.25) is 0 Å². The first-order valence-corrected chi connectivity index (χ1v) is 11.8. The standard InChI is InChI=1S/C23H23N5O2P/c1-31-24-16-22-21(26-27-31)10-9-20(25-22)19-11-14-28(15-12-19)13-5-8-23(29)30-17-18-6-3-2-4-7-18/h2-4,6-7,9-12,14-16H,5,8,13,17H2,1H3/q+1. The summed E-state index contributed by atoms with van der Waals surface area (Å²) >= 11 is 0. The molecule has 0 saturated carbocycles. The summed E-state index contributed by atoms with van der Waals surface area (Å²) in [6, 6.07) is 17.6. The first-order chi connectivity index (χ1) is 15.2. The van der Waals surface area contributed by atoms with E-state index >= 15 is 0 Å². The molecule has 1 aromatic carbocycles. The molecule has 0 amide bonds. The molecule has 0 saturated heterocycles. The van der Waals surface area contributed by atoms with Gasteiger partial charge in [-0.2, -0.15) is 0 Å². The average molecular weight is 432 g/mol. The number of rotatable bonds is 7. The molecule has 31 heavy (non-hydrogen) atoms. The van der Waals surface area contributed by atoms with Gasteiger partial charge in [0.2, 0.25) is 0 Å². The fourth-order valence-electron chi connectivity index (χ4n) is 3.08. The van der Waals surface area contributed by atoms with Crippen molar-refractivity contribution in [3.63, 3.8) is 0 Å². The zero-order valence-corrected chi connectivity index (χ0v) is 18.2. The first-order valence-electron chi connectivity index (χ1n) is 10.1. The lowest BCUT2D eigenvalue weighted by Gasteiger charge is -2.05. The van der Waals surface area contributed by atoms with E-state index in [4.69, 9.17) is 4.74 Å². The molecule has 0 aliphatic carbocycles. The van der Waals surface area contributed by atoms with Crippen molar-refractivity contribution in [1.82, 2.24) is 4.98 Å². The van der Waals surface area contributed by atoms with Crippen LogP contribution < -0.4 is 4.57 Å². The molecule has 0 radical (unpaired) electrons. The van der Waals surface area contributed by atoms with Crippen LogP contribution >= 0.6 is 8.22 Å². The highest BCUT2D eigenvalue weighted by atomic mass is 31.1. The Labute approximate surface area is 182 Å². The Morgan fingerprint density at radius 2 is 1.87 bits per heavy atom. The minimum Gasteiger partial charge on any atom is -0.461 e. The fraction of sp³-hybridized carbons (Fsp3) is 0.217. The summed E-state index contributed by atoms with van der Waals surface area (Å²) in [7, 11) is -0.807. The summed E-state index contributed by atoms with van der Waals surface area (Å²) in [5, 5.41) is 4.22. The zero-order chi connectivity index (χ0) is 21.5. The van der Waals surface area contributed by atoms with Crippen LogP contribution in [0.3, 0.4) is 0 Å². The Hall–Kier alpha value is -3.31. The zero-order valence-electron chi connectivity index (χ0n) is 17.3. The van der Waals surface area contributed by atoms with Crippen molar-refractivity contribution in [3.05, 3.63) is 78.2 Å². The molecule has 0 N–H and O–H groups in total. The van der Waals surface area contributed by atoms with Crippen molar-refractivity contribution in [2.24, 2.45) is 14.8 Å². The molecule has 8 heteroatoms. The second-order valence-corrected chi connectivity index (χ2v) is 8.49. The highest BCUT2D eigenvalue weighted by Crippen LogP contribution is 2.38. The van der Waals surface area contributed by atoms with E-state index in [9.17, 15) is 4.79 Å². The number of aromatic nitrogens is 2. The summed E-state index contributed by atoms with van der Waals surface area (Å²) in [5.74, 6) is -0.176. The maximum absolute atomic E-state index is 11.9. The van der Waals surface area contributed by atoms with Gasteiger partial charge in [0.25, 0.3) is 0 Å². The van der Waals surface area contributed by atoms with Gasteiger partial charge in [-0.15, -0.1) is 10.00 Å². The highest BCUT2D eigenvalue weighted by Gasteiger charge is 2.11. The monoisotopic (exact) mass is 432 g/mol. The lowest BCUT2D eigenvalue weighted by atomic mass is 10.1. The molecule has 1 atom stereocenters. The van der Waals surface area contributed by atoms with E-state index in [2.05, 4.69) is 24.3 Å². The lowest BCUT2D eigenvalue weighted by molar-refractivity contribution is -0.697. The third-order valence-corrected chi connectivity index (χ3v) is 5.56. The van der Waals surface area contributed by atoms with Crippen molar-refractivity contribution in [3.8, 4) is 11.3 Å². The Balaban J connectivity index is 1.29. The highest BCUT2D eigenvalue weighted by molar-refractivity contribution is 7.53. The van der Waals surface area contributed by atoms with Crippen molar-refractivity contribution < 1.29 is 14.1 Å². The predicted octanol–water partition coefficient (Wildman–Crippen LogP) is 5.02. The maximum atomic E-state index is 11.9. The third kappa shape index (κ3) is 5.86. The van der Waals surface area contributed by atoms with Gasteiger partial charge < -0.3 is 4.74 Å². The number of ether oxygens (including phenoxy) is 1. The molecule has 3 heterocycles. The molecular weight excluding hydrogens is 409 g/mol. The van der Waals surface area contributed by atoms with E-state index in [1.807, 2.05) is 73.7 Å². The van der Waals surface area contributed by atoms with Gasteiger partial charge in [0.05, 0.1) is 18.3 Å². The van der Waals surface area contributed by atoms with Crippen LogP contribution in [-0.2, 0) is 22.7 Å². The number of esters is 1. The number of carbonyl (C=O) groups is 1. The minimum atomic E-state index is -0.807. The Morgan fingerprint density at radius 3 is 2.68 bits per heavy atom. The van der Waals surface area contributed by atoms with Crippen LogP contribution in [0.5, 0.6) is 0 Å².